The number of thiazole rings is 1. The topological polar surface area (TPSA) is 30.0 Å². The molecule has 1 aromatic heterocycles. The highest BCUT2D eigenvalue weighted by molar-refractivity contribution is 7.09. The third-order valence-electron chi connectivity index (χ3n) is 9.66. The quantitative estimate of drug-likeness (QED) is 0.342. The monoisotopic (exact) mass is 561 g/mol. The molecule has 0 saturated heterocycles. The predicted molar refractivity (Wildman–Crippen MR) is 141 cm³/mol. The number of fused-ring (bicyclic) bond motifs is 4. The number of hydrogen-bond acceptors (Lipinski definition) is 3. The fraction of sp³-hybridized carbons (Fsp3) is 0.548. The van der Waals surface area contributed by atoms with Gasteiger partial charge in [-0.2, -0.15) is 22.0 Å². The van der Waals surface area contributed by atoms with E-state index in [0.29, 0.717) is 32.1 Å². The summed E-state index contributed by atoms with van der Waals surface area (Å²) in [4.78, 5) is 17.3. The molecule has 5 atom stereocenters. The Kier molecular flexibility index (Phi) is 6.84. The molecule has 2 aromatic rings. The second-order valence-electron chi connectivity index (χ2n) is 11.7. The summed E-state index contributed by atoms with van der Waals surface area (Å²) in [6.45, 7) is 2.00. The van der Waals surface area contributed by atoms with Crippen LogP contribution in [0.5, 0.6) is 0 Å². The molecular weight excluding hydrogens is 529 g/mol. The Balaban J connectivity index is 1.26. The smallest absolute Gasteiger partial charge is 0.295 e. The number of hydrogen-bond donors (Lipinski definition) is 0. The number of aromatic nitrogens is 1. The van der Waals surface area contributed by atoms with Crippen LogP contribution in [-0.2, 0) is 17.6 Å². The molecule has 2 nitrogen and oxygen atoms in total. The molecule has 208 valence electrons. The van der Waals surface area contributed by atoms with Gasteiger partial charge in [0.15, 0.2) is 5.78 Å². The van der Waals surface area contributed by atoms with Crippen LogP contribution in [0.15, 0.2) is 52.4 Å². The van der Waals surface area contributed by atoms with Crippen LogP contribution in [-0.4, -0.2) is 22.9 Å². The highest BCUT2D eigenvalue weighted by atomic mass is 32.1. The van der Waals surface area contributed by atoms with E-state index in [4.69, 9.17) is 0 Å². The number of halogens is 5. The first-order chi connectivity index (χ1) is 18.5. The number of carbonyl (C=O) groups is 1. The van der Waals surface area contributed by atoms with Crippen molar-refractivity contribution in [2.75, 3.05) is 0 Å². The Morgan fingerprint density at radius 2 is 1.72 bits per heavy atom. The van der Waals surface area contributed by atoms with E-state index in [2.05, 4.69) is 34.6 Å². The number of benzene rings is 1. The number of alkyl halides is 5. The van der Waals surface area contributed by atoms with Crippen molar-refractivity contribution in [1.82, 2.24) is 4.98 Å². The van der Waals surface area contributed by atoms with Gasteiger partial charge in [0.2, 0.25) is 0 Å². The summed E-state index contributed by atoms with van der Waals surface area (Å²) in [5, 5.41) is 3.15. The first-order valence-corrected chi connectivity index (χ1v) is 14.8. The molecule has 0 aliphatic heterocycles. The van der Waals surface area contributed by atoms with Gasteiger partial charge < -0.3 is 0 Å². The summed E-state index contributed by atoms with van der Waals surface area (Å²) in [5.41, 5.74) is 6.78. The van der Waals surface area contributed by atoms with Gasteiger partial charge in [-0.05, 0) is 104 Å². The molecule has 0 bridgehead atoms. The molecule has 0 radical (unpaired) electrons. The van der Waals surface area contributed by atoms with Gasteiger partial charge in [-0.25, -0.2) is 4.98 Å². The first-order valence-electron chi connectivity index (χ1n) is 13.9. The van der Waals surface area contributed by atoms with E-state index in [1.165, 1.54) is 16.7 Å². The summed E-state index contributed by atoms with van der Waals surface area (Å²) in [5.74, 6) is -6.98. The molecular formula is C31H32F5NOS. The molecule has 8 heteroatoms. The molecule has 4 aliphatic carbocycles. The number of rotatable bonds is 5. The van der Waals surface area contributed by atoms with Crippen molar-refractivity contribution < 1.29 is 26.7 Å². The van der Waals surface area contributed by atoms with E-state index >= 15 is 0 Å². The molecule has 0 spiro atoms. The summed E-state index contributed by atoms with van der Waals surface area (Å²) in [6, 6.07) is 8.42. The van der Waals surface area contributed by atoms with Crippen LogP contribution in [0.25, 0.3) is 0 Å². The molecule has 1 heterocycles. The zero-order valence-corrected chi connectivity index (χ0v) is 22.7. The van der Waals surface area contributed by atoms with E-state index in [1.807, 2.05) is 6.92 Å². The Labute approximate surface area is 229 Å². The minimum atomic E-state index is -5.51. The highest BCUT2D eigenvalue weighted by Crippen LogP contribution is 2.61. The van der Waals surface area contributed by atoms with E-state index in [9.17, 15) is 26.7 Å². The summed E-state index contributed by atoms with van der Waals surface area (Å²) >= 11 is 1.65. The molecule has 2 fully saturated rings. The number of nitrogens with zero attached hydrogens (tertiary/aromatic N) is 1. The van der Waals surface area contributed by atoms with Crippen molar-refractivity contribution >= 4 is 17.1 Å². The van der Waals surface area contributed by atoms with Gasteiger partial charge in [-0.15, -0.1) is 11.3 Å². The van der Waals surface area contributed by atoms with Crippen LogP contribution >= 0.6 is 11.3 Å². The van der Waals surface area contributed by atoms with E-state index in [0.717, 1.165) is 41.1 Å². The van der Waals surface area contributed by atoms with E-state index in [1.54, 1.807) is 17.4 Å². The minimum absolute atomic E-state index is 0.0291. The highest BCUT2D eigenvalue weighted by Gasteiger charge is 2.66. The molecule has 39 heavy (non-hydrogen) atoms. The van der Waals surface area contributed by atoms with Crippen LogP contribution in [0, 0.1) is 30.6 Å². The SMILES string of the molecule is Cc1nc(CCc2ccc(C3CC(=O)C=C4CCC5C(=C43)CCC3C5CCC3C(F)(F)C(F)(F)F)cc2)cs1. The molecule has 1 aromatic carbocycles. The zero-order chi connectivity index (χ0) is 27.5. The number of ketones is 1. The molecule has 2 saturated carbocycles. The number of carbonyl (C=O) groups excluding carboxylic acids is 1. The van der Waals surface area contributed by atoms with E-state index < -0.39 is 23.9 Å². The lowest BCUT2D eigenvalue weighted by atomic mass is 9.60. The van der Waals surface area contributed by atoms with Crippen LogP contribution in [0.3, 0.4) is 0 Å². The molecule has 0 N–H and O–H groups in total. The summed E-state index contributed by atoms with van der Waals surface area (Å²) < 4.78 is 68.6. The Bertz CT molecular complexity index is 1320. The van der Waals surface area contributed by atoms with Crippen LogP contribution in [0.4, 0.5) is 22.0 Å². The van der Waals surface area contributed by atoms with Gasteiger partial charge in [0.05, 0.1) is 10.7 Å². The Morgan fingerprint density at radius 1 is 0.949 bits per heavy atom. The lowest BCUT2D eigenvalue weighted by Gasteiger charge is -2.45. The third kappa shape index (κ3) is 4.81. The lowest BCUT2D eigenvalue weighted by molar-refractivity contribution is -0.307. The zero-order valence-electron chi connectivity index (χ0n) is 21.9. The maximum atomic E-state index is 14.4. The minimum Gasteiger partial charge on any atom is -0.295 e. The summed E-state index contributed by atoms with van der Waals surface area (Å²) in [6.07, 6.45) is 1.01. The fourth-order valence-electron chi connectivity index (χ4n) is 7.96. The fourth-order valence-corrected chi connectivity index (χ4v) is 8.61. The van der Waals surface area contributed by atoms with Crippen molar-refractivity contribution in [3.63, 3.8) is 0 Å². The van der Waals surface area contributed by atoms with E-state index in [-0.39, 0.29) is 30.0 Å². The third-order valence-corrected chi connectivity index (χ3v) is 10.5. The molecule has 6 rings (SSSR count). The van der Waals surface area contributed by atoms with Gasteiger partial charge >= 0.3 is 12.1 Å². The Morgan fingerprint density at radius 3 is 2.41 bits per heavy atom. The Hall–Kier alpha value is -2.35. The van der Waals surface area contributed by atoms with Crippen LogP contribution < -0.4 is 0 Å². The van der Waals surface area contributed by atoms with Crippen LogP contribution in [0.1, 0.15) is 72.7 Å². The average Bonchev–Trinajstić information content (AvgIpc) is 3.52. The number of allylic oxidation sites excluding steroid dienone is 4. The predicted octanol–water partition coefficient (Wildman–Crippen LogP) is 8.56. The maximum absolute atomic E-state index is 14.4. The van der Waals surface area contributed by atoms with Gasteiger partial charge in [0, 0.05) is 23.6 Å². The second-order valence-corrected chi connectivity index (χ2v) is 12.8. The number of aryl methyl sites for hydroxylation is 3. The van der Waals surface area contributed by atoms with Crippen molar-refractivity contribution in [3.8, 4) is 0 Å². The average molecular weight is 562 g/mol. The second kappa shape index (κ2) is 9.93. The van der Waals surface area contributed by atoms with Gasteiger partial charge in [0.1, 0.15) is 0 Å². The lowest BCUT2D eigenvalue weighted by Crippen LogP contribution is -2.47. The molecule has 4 aliphatic rings. The first kappa shape index (κ1) is 26.9. The van der Waals surface area contributed by atoms with Gasteiger partial charge in [0.25, 0.3) is 0 Å². The molecule has 5 unspecified atom stereocenters. The maximum Gasteiger partial charge on any atom is 0.453 e. The van der Waals surface area contributed by atoms with Crippen molar-refractivity contribution in [2.24, 2.45) is 23.7 Å². The van der Waals surface area contributed by atoms with Crippen LogP contribution in [0.2, 0.25) is 0 Å². The van der Waals surface area contributed by atoms with Gasteiger partial charge in [-0.1, -0.05) is 29.8 Å². The van der Waals surface area contributed by atoms with Crippen molar-refractivity contribution in [1.29, 1.82) is 0 Å². The van der Waals surface area contributed by atoms with Gasteiger partial charge in [-0.3, -0.25) is 4.79 Å². The molecule has 0 amide bonds. The standard InChI is InChI=1S/C31H32F5NOS/c1-17-37-21(16-39-17)8-4-18-2-5-19(6-3-18)27-15-22(38)14-20-7-9-24-23-12-13-28(30(32,33)31(34,35)36)25(23)10-11-26(24)29(20)27/h2-3,5-6,14,16,23-25,27-28H,4,7-13,15H2,1H3. The summed E-state index contributed by atoms with van der Waals surface area (Å²) in [7, 11) is 0. The normalized spacial score (nSPS) is 29.1. The van der Waals surface area contributed by atoms with Crippen molar-refractivity contribution in [3.05, 3.63) is 74.3 Å². The van der Waals surface area contributed by atoms with Crippen molar-refractivity contribution in [2.45, 2.75) is 82.7 Å². The largest absolute Gasteiger partial charge is 0.453 e.